The van der Waals surface area contributed by atoms with Crippen molar-refractivity contribution in [1.29, 1.82) is 0 Å². The molecule has 2 N–H and O–H groups in total. The molecule has 0 aliphatic heterocycles. The van der Waals surface area contributed by atoms with Crippen LogP contribution in [0.1, 0.15) is 37.7 Å². The standard InChI is InChI=1S/C24H15Cl5N2O4/c1-35-22-13(7-4-8-14(22)25)20(33)16-9-15(26)24(29)31(16)19-17(27)23(28)30-18(19)21(34)12-6-3-2-5-11(12)10-32/h2-9,30,32H,10H2,1H3. The number of benzene rings is 2. The van der Waals surface area contributed by atoms with Gasteiger partial charge in [0.1, 0.15) is 26.8 Å². The quantitative estimate of drug-likeness (QED) is 0.233. The molecule has 2 heterocycles. The first-order valence-corrected chi connectivity index (χ1v) is 11.8. The molecule has 4 aromatic rings. The van der Waals surface area contributed by atoms with Crippen LogP contribution in [0.2, 0.25) is 25.4 Å². The predicted octanol–water partition coefficient (Wildman–Crippen LogP) is 7.04. The number of para-hydroxylation sites is 1. The third kappa shape index (κ3) is 4.47. The van der Waals surface area contributed by atoms with E-state index in [1.165, 1.54) is 23.8 Å². The Kier molecular flexibility index (Phi) is 7.52. The normalized spacial score (nSPS) is 11.1. The second-order valence-corrected chi connectivity index (χ2v) is 9.20. The summed E-state index contributed by atoms with van der Waals surface area (Å²) < 4.78 is 6.56. The Morgan fingerprint density at radius 1 is 0.943 bits per heavy atom. The number of hydrogen-bond acceptors (Lipinski definition) is 4. The van der Waals surface area contributed by atoms with Crippen LogP contribution in [0.25, 0.3) is 5.69 Å². The summed E-state index contributed by atoms with van der Waals surface area (Å²) in [4.78, 5) is 29.9. The Morgan fingerprint density at radius 3 is 2.31 bits per heavy atom. The van der Waals surface area contributed by atoms with Crippen LogP contribution in [0.4, 0.5) is 0 Å². The van der Waals surface area contributed by atoms with E-state index in [1.54, 1.807) is 36.4 Å². The lowest BCUT2D eigenvalue weighted by Gasteiger charge is -2.14. The van der Waals surface area contributed by atoms with E-state index in [4.69, 9.17) is 62.7 Å². The molecule has 0 saturated heterocycles. The summed E-state index contributed by atoms with van der Waals surface area (Å²) in [5.74, 6) is -0.913. The molecule has 2 aromatic carbocycles. The molecule has 11 heteroatoms. The molecule has 0 bridgehead atoms. The van der Waals surface area contributed by atoms with Crippen molar-refractivity contribution in [2.24, 2.45) is 0 Å². The maximum atomic E-state index is 13.6. The number of carbonyl (C=O) groups excluding carboxylic acids is 2. The topological polar surface area (TPSA) is 84.3 Å². The van der Waals surface area contributed by atoms with Gasteiger partial charge in [-0.3, -0.25) is 14.2 Å². The van der Waals surface area contributed by atoms with Crippen molar-refractivity contribution < 1.29 is 19.4 Å². The summed E-state index contributed by atoms with van der Waals surface area (Å²) in [5.41, 5.74) is 0.704. The van der Waals surface area contributed by atoms with Gasteiger partial charge < -0.3 is 14.8 Å². The van der Waals surface area contributed by atoms with Crippen molar-refractivity contribution in [2.45, 2.75) is 6.61 Å². The number of halogens is 5. The Balaban J connectivity index is 1.96. The van der Waals surface area contributed by atoms with Crippen LogP contribution in [-0.4, -0.2) is 33.3 Å². The molecule has 4 rings (SSSR count). The lowest BCUT2D eigenvalue weighted by Crippen LogP contribution is -2.14. The van der Waals surface area contributed by atoms with Gasteiger partial charge in [0, 0.05) is 5.56 Å². The van der Waals surface area contributed by atoms with Crippen molar-refractivity contribution in [3.05, 3.63) is 102 Å². The zero-order valence-corrected chi connectivity index (χ0v) is 21.6. The molecule has 0 amide bonds. The van der Waals surface area contributed by atoms with E-state index in [2.05, 4.69) is 4.98 Å². The van der Waals surface area contributed by atoms with E-state index >= 15 is 0 Å². The highest BCUT2D eigenvalue weighted by molar-refractivity contribution is 6.45. The molecule has 0 radical (unpaired) electrons. The van der Waals surface area contributed by atoms with Gasteiger partial charge in [-0.2, -0.15) is 0 Å². The Labute approximate surface area is 224 Å². The molecule has 180 valence electrons. The molecule has 2 aromatic heterocycles. The second kappa shape index (κ2) is 10.3. The number of ether oxygens (including phenoxy) is 1. The molecular formula is C24H15Cl5N2O4. The summed E-state index contributed by atoms with van der Waals surface area (Å²) in [5, 5.41) is 9.79. The highest BCUT2D eigenvalue weighted by Crippen LogP contribution is 2.40. The van der Waals surface area contributed by atoms with Crippen LogP contribution in [0.15, 0.2) is 48.5 Å². The SMILES string of the molecule is COc1c(Cl)cccc1C(=O)c1cc(Cl)c(Cl)n1-c1c(C(=O)c2ccccc2CO)[nH]c(Cl)c1Cl. The third-order valence-electron chi connectivity index (χ3n) is 5.30. The zero-order chi connectivity index (χ0) is 25.4. The number of aromatic nitrogens is 2. The molecule has 35 heavy (non-hydrogen) atoms. The minimum atomic E-state index is -0.541. The first-order chi connectivity index (χ1) is 16.7. The van der Waals surface area contributed by atoms with E-state index in [0.717, 1.165) is 0 Å². The van der Waals surface area contributed by atoms with Gasteiger partial charge in [-0.15, -0.1) is 0 Å². The first kappa shape index (κ1) is 25.6. The second-order valence-electron chi connectivity index (χ2n) is 7.27. The van der Waals surface area contributed by atoms with Crippen LogP contribution in [0, 0.1) is 0 Å². The van der Waals surface area contributed by atoms with E-state index in [9.17, 15) is 14.7 Å². The number of nitrogens with one attached hydrogen (secondary N) is 1. The van der Waals surface area contributed by atoms with Gasteiger partial charge in [0.25, 0.3) is 0 Å². The maximum absolute atomic E-state index is 13.6. The Morgan fingerprint density at radius 2 is 1.63 bits per heavy atom. The van der Waals surface area contributed by atoms with E-state index < -0.39 is 11.6 Å². The fourth-order valence-electron chi connectivity index (χ4n) is 3.70. The highest BCUT2D eigenvalue weighted by atomic mass is 35.5. The van der Waals surface area contributed by atoms with Crippen LogP contribution in [-0.2, 0) is 6.61 Å². The molecule has 0 spiro atoms. The van der Waals surface area contributed by atoms with Gasteiger partial charge >= 0.3 is 0 Å². The molecule has 0 atom stereocenters. The molecule has 0 fully saturated rings. The average molecular weight is 573 g/mol. The van der Waals surface area contributed by atoms with E-state index in [1.807, 2.05) is 0 Å². The van der Waals surface area contributed by atoms with Crippen molar-refractivity contribution in [3.63, 3.8) is 0 Å². The summed E-state index contributed by atoms with van der Waals surface area (Å²) in [6.07, 6.45) is 0. The number of ketones is 2. The minimum absolute atomic E-state index is 0.0115. The zero-order valence-electron chi connectivity index (χ0n) is 17.8. The van der Waals surface area contributed by atoms with Crippen LogP contribution in [0.3, 0.4) is 0 Å². The van der Waals surface area contributed by atoms with Crippen LogP contribution < -0.4 is 4.74 Å². The molecule has 6 nitrogen and oxygen atoms in total. The van der Waals surface area contributed by atoms with Crippen molar-refractivity contribution in [2.75, 3.05) is 7.11 Å². The van der Waals surface area contributed by atoms with Crippen molar-refractivity contribution >= 4 is 69.6 Å². The molecule has 0 aliphatic rings. The van der Waals surface area contributed by atoms with Gasteiger partial charge in [-0.05, 0) is 23.8 Å². The number of nitrogens with zero attached hydrogens (tertiary/aromatic N) is 1. The van der Waals surface area contributed by atoms with Gasteiger partial charge in [0.2, 0.25) is 11.6 Å². The summed E-state index contributed by atoms with van der Waals surface area (Å²) >= 11 is 31.8. The van der Waals surface area contributed by atoms with Crippen LogP contribution >= 0.6 is 58.0 Å². The third-order valence-corrected chi connectivity index (χ3v) is 7.10. The molecule has 0 unspecified atom stereocenters. The Bertz CT molecular complexity index is 1480. The Hall–Kier alpha value is -2.45. The van der Waals surface area contributed by atoms with Crippen molar-refractivity contribution in [1.82, 2.24) is 9.55 Å². The number of H-pyrrole nitrogens is 1. The van der Waals surface area contributed by atoms with Crippen molar-refractivity contribution in [3.8, 4) is 11.4 Å². The van der Waals surface area contributed by atoms with Crippen LogP contribution in [0.5, 0.6) is 5.75 Å². The number of rotatable bonds is 7. The van der Waals surface area contributed by atoms with Gasteiger partial charge in [-0.1, -0.05) is 88.3 Å². The monoisotopic (exact) mass is 570 g/mol. The smallest absolute Gasteiger partial charge is 0.213 e. The number of aliphatic hydroxyl groups excluding tert-OH is 1. The number of aromatic amines is 1. The fraction of sp³-hybridized carbons (Fsp3) is 0.0833. The average Bonchev–Trinajstić information content (AvgIpc) is 3.32. The summed E-state index contributed by atoms with van der Waals surface area (Å²) in [6.45, 7) is -0.367. The maximum Gasteiger partial charge on any atom is 0.213 e. The van der Waals surface area contributed by atoms with E-state index in [-0.39, 0.29) is 65.9 Å². The number of methoxy groups -OCH3 is 1. The summed E-state index contributed by atoms with van der Waals surface area (Å²) in [7, 11) is 1.38. The van der Waals surface area contributed by atoms with E-state index in [0.29, 0.717) is 5.56 Å². The lowest BCUT2D eigenvalue weighted by atomic mass is 10.0. The number of hydrogen-bond donors (Lipinski definition) is 2. The van der Waals surface area contributed by atoms with Gasteiger partial charge in [0.05, 0.1) is 40.7 Å². The molecule has 0 aliphatic carbocycles. The molecule has 0 saturated carbocycles. The number of aliphatic hydroxyl groups is 1. The fourth-order valence-corrected chi connectivity index (χ4v) is 4.78. The first-order valence-electron chi connectivity index (χ1n) is 9.95. The minimum Gasteiger partial charge on any atom is -0.494 e. The predicted molar refractivity (Wildman–Crippen MR) is 137 cm³/mol. The van der Waals surface area contributed by atoms with Gasteiger partial charge in [0.15, 0.2) is 0 Å². The lowest BCUT2D eigenvalue weighted by molar-refractivity contribution is 0.101. The largest absolute Gasteiger partial charge is 0.494 e. The highest BCUT2D eigenvalue weighted by Gasteiger charge is 2.31. The number of carbonyl (C=O) groups is 2. The molecular weight excluding hydrogens is 558 g/mol. The summed E-state index contributed by atoms with van der Waals surface area (Å²) in [6, 6.07) is 12.5. The van der Waals surface area contributed by atoms with Gasteiger partial charge in [-0.25, -0.2) is 0 Å².